The molecular weight excluding hydrogens is 430 g/mol. The second kappa shape index (κ2) is 10.1. The highest BCUT2D eigenvalue weighted by molar-refractivity contribution is 7.99. The summed E-state index contributed by atoms with van der Waals surface area (Å²) in [4.78, 5) is 14.7. The quantitative estimate of drug-likeness (QED) is 0.253. The van der Waals surface area contributed by atoms with Crippen molar-refractivity contribution in [1.82, 2.24) is 30.6 Å². The number of hydrogen-bond acceptors (Lipinski definition) is 8. The van der Waals surface area contributed by atoms with E-state index in [0.717, 1.165) is 4.90 Å². The van der Waals surface area contributed by atoms with Crippen molar-refractivity contribution >= 4 is 21.8 Å². The first kappa shape index (κ1) is 21.7. The molecule has 0 bridgehead atoms. The Morgan fingerprint density at radius 1 is 1.13 bits per heavy atom. The summed E-state index contributed by atoms with van der Waals surface area (Å²) in [6.45, 7) is 0. The zero-order chi connectivity index (χ0) is 21.4. The Morgan fingerprint density at radius 3 is 2.40 bits per heavy atom. The van der Waals surface area contributed by atoms with Crippen LogP contribution in [0, 0.1) is 10.1 Å². The van der Waals surface area contributed by atoms with E-state index in [0.29, 0.717) is 10.9 Å². The smallest absolute Gasteiger partial charge is 0.233 e. The summed E-state index contributed by atoms with van der Waals surface area (Å²) in [6.07, 6.45) is 0.519. The van der Waals surface area contributed by atoms with Gasteiger partial charge in [-0.25, -0.2) is 18.5 Å². The van der Waals surface area contributed by atoms with E-state index in [1.54, 1.807) is 18.2 Å². The van der Waals surface area contributed by atoms with Gasteiger partial charge < -0.3 is 0 Å². The molecule has 30 heavy (non-hydrogen) atoms. The number of H-pyrrole nitrogens is 1. The van der Waals surface area contributed by atoms with Gasteiger partial charge in [0.25, 0.3) is 10.0 Å². The van der Waals surface area contributed by atoms with Gasteiger partial charge in [0.2, 0.25) is 0 Å². The van der Waals surface area contributed by atoms with Gasteiger partial charge in [0.05, 0.1) is 4.90 Å². The number of nitrogens with zero attached hydrogens (tertiary/aromatic N) is 5. The molecule has 0 aliphatic carbocycles. The number of rotatable bonds is 11. The van der Waals surface area contributed by atoms with E-state index in [-0.39, 0.29) is 23.5 Å². The molecule has 0 radical (unpaired) electrons. The fourth-order valence-corrected chi connectivity index (χ4v) is 4.71. The Kier molecular flexibility index (Phi) is 7.32. The number of thioether (sulfide) groups is 1. The zero-order valence-corrected chi connectivity index (χ0v) is 17.3. The number of hydrogen-bond donors (Lipinski definition) is 2. The van der Waals surface area contributed by atoms with E-state index >= 15 is 0 Å². The number of nitro groups is 1. The van der Waals surface area contributed by atoms with Crippen molar-refractivity contribution in [2.24, 2.45) is 0 Å². The Labute approximate surface area is 177 Å². The predicted molar refractivity (Wildman–Crippen MR) is 109 cm³/mol. The summed E-state index contributed by atoms with van der Waals surface area (Å²) in [6, 6.07) is 16.1. The molecule has 0 saturated carbocycles. The maximum absolute atomic E-state index is 12.7. The lowest BCUT2D eigenvalue weighted by Crippen LogP contribution is -2.52. The highest BCUT2D eigenvalue weighted by atomic mass is 32.2. The third kappa shape index (κ3) is 5.98. The van der Waals surface area contributed by atoms with Crippen molar-refractivity contribution < 1.29 is 13.5 Å². The molecule has 3 rings (SSSR count). The fourth-order valence-electron chi connectivity index (χ4n) is 2.59. The second-order valence-corrected chi connectivity index (χ2v) is 8.89. The van der Waals surface area contributed by atoms with Crippen LogP contribution in [-0.4, -0.2) is 51.0 Å². The summed E-state index contributed by atoms with van der Waals surface area (Å²) in [5, 5.41) is 25.1. The third-order valence-corrected chi connectivity index (χ3v) is 6.54. The standard InChI is InChI=1S/C17H19N7O4S2/c25-24(26)23(22-30(27,28)16-9-5-2-6-10-16)14(11-12-17-18-20-21-19-17)13-29-15-7-3-1-4-8-15/h1-10,14,22H,11-13H2,(H,18,19,20,21)/t14-/m1/s1. The third-order valence-electron chi connectivity index (χ3n) is 4.06. The number of hydrazine groups is 2. The van der Waals surface area contributed by atoms with Crippen LogP contribution in [0.25, 0.3) is 0 Å². The normalized spacial score (nSPS) is 12.4. The molecule has 0 amide bonds. The molecule has 0 aliphatic heterocycles. The van der Waals surface area contributed by atoms with Crippen LogP contribution in [0.3, 0.4) is 0 Å². The lowest BCUT2D eigenvalue weighted by atomic mass is 10.2. The minimum absolute atomic E-state index is 0.0653. The summed E-state index contributed by atoms with van der Waals surface area (Å²) in [5.74, 6) is 0.652. The van der Waals surface area contributed by atoms with Gasteiger partial charge in [-0.2, -0.15) is 5.21 Å². The molecule has 13 heteroatoms. The number of aromatic nitrogens is 4. The number of sulfonamides is 1. The van der Waals surface area contributed by atoms with E-state index in [2.05, 4.69) is 25.5 Å². The fraction of sp³-hybridized carbons (Fsp3) is 0.235. The van der Waals surface area contributed by atoms with Crippen molar-refractivity contribution in [2.75, 3.05) is 5.75 Å². The van der Waals surface area contributed by atoms with Crippen molar-refractivity contribution in [1.29, 1.82) is 0 Å². The first-order chi connectivity index (χ1) is 14.5. The number of aromatic amines is 1. The van der Waals surface area contributed by atoms with E-state index < -0.39 is 21.1 Å². The number of aryl methyl sites for hydroxylation is 1. The molecule has 2 aromatic carbocycles. The van der Waals surface area contributed by atoms with Crippen molar-refractivity contribution in [3.8, 4) is 0 Å². The van der Waals surface area contributed by atoms with Crippen molar-refractivity contribution in [2.45, 2.75) is 28.7 Å². The van der Waals surface area contributed by atoms with Gasteiger partial charge in [-0.15, -0.1) is 22.0 Å². The average Bonchev–Trinajstić information content (AvgIpc) is 3.27. The van der Waals surface area contributed by atoms with Gasteiger partial charge >= 0.3 is 0 Å². The van der Waals surface area contributed by atoms with Crippen molar-refractivity contribution in [3.05, 3.63) is 76.6 Å². The summed E-state index contributed by atoms with van der Waals surface area (Å²) in [5.41, 5.74) is 0. The van der Waals surface area contributed by atoms with Gasteiger partial charge in [0.15, 0.2) is 10.9 Å². The highest BCUT2D eigenvalue weighted by Crippen LogP contribution is 2.22. The predicted octanol–water partition coefficient (Wildman–Crippen LogP) is 1.68. The van der Waals surface area contributed by atoms with E-state index in [9.17, 15) is 18.5 Å². The number of nitrogens with one attached hydrogen (secondary N) is 2. The van der Waals surface area contributed by atoms with Gasteiger partial charge in [-0.3, -0.25) is 0 Å². The van der Waals surface area contributed by atoms with Crippen LogP contribution in [0.2, 0.25) is 0 Å². The zero-order valence-electron chi connectivity index (χ0n) is 15.7. The highest BCUT2D eigenvalue weighted by Gasteiger charge is 2.32. The molecule has 0 aliphatic rings. The molecule has 1 atom stereocenters. The molecule has 0 spiro atoms. The second-order valence-electron chi connectivity index (χ2n) is 6.13. The Morgan fingerprint density at radius 2 is 1.80 bits per heavy atom. The van der Waals surface area contributed by atoms with Crippen LogP contribution >= 0.6 is 11.8 Å². The Hall–Kier alpha value is -3.03. The van der Waals surface area contributed by atoms with Crippen LogP contribution in [0.1, 0.15) is 12.2 Å². The molecule has 0 fully saturated rings. The van der Waals surface area contributed by atoms with Crippen LogP contribution < -0.4 is 4.83 Å². The van der Waals surface area contributed by atoms with Gasteiger partial charge in [-0.05, 0) is 35.8 Å². The molecule has 158 valence electrons. The van der Waals surface area contributed by atoms with Crippen LogP contribution in [0.5, 0.6) is 0 Å². The molecule has 1 heterocycles. The van der Waals surface area contributed by atoms with Crippen LogP contribution in [-0.2, 0) is 16.4 Å². The first-order valence-corrected chi connectivity index (χ1v) is 11.3. The first-order valence-electron chi connectivity index (χ1n) is 8.87. The summed E-state index contributed by atoms with van der Waals surface area (Å²) < 4.78 is 25.3. The van der Waals surface area contributed by atoms with Crippen molar-refractivity contribution in [3.63, 3.8) is 0 Å². The molecule has 0 saturated heterocycles. The topological polar surface area (TPSA) is 147 Å². The lowest BCUT2D eigenvalue weighted by Gasteiger charge is -2.24. The maximum atomic E-state index is 12.7. The van der Waals surface area contributed by atoms with E-state index in [1.165, 1.54) is 23.9 Å². The SMILES string of the molecule is O=[N+]([O-])N(NS(=O)(=O)c1ccccc1)[C@H](CCc1nn[nH]n1)CSc1ccccc1. The average molecular weight is 450 g/mol. The van der Waals surface area contributed by atoms with Gasteiger partial charge in [0, 0.05) is 17.1 Å². The Balaban J connectivity index is 1.79. The lowest BCUT2D eigenvalue weighted by molar-refractivity contribution is -0.672. The van der Waals surface area contributed by atoms with Crippen LogP contribution in [0.4, 0.5) is 0 Å². The molecule has 1 aromatic heterocycles. The summed E-state index contributed by atoms with van der Waals surface area (Å²) in [7, 11) is -4.13. The summed E-state index contributed by atoms with van der Waals surface area (Å²) >= 11 is 1.39. The minimum atomic E-state index is -4.13. The largest absolute Gasteiger partial charge is 0.261 e. The van der Waals surface area contributed by atoms with E-state index in [4.69, 9.17) is 0 Å². The molecule has 3 aromatic rings. The van der Waals surface area contributed by atoms with E-state index in [1.807, 2.05) is 30.3 Å². The number of benzene rings is 2. The van der Waals surface area contributed by atoms with Gasteiger partial charge in [0.1, 0.15) is 6.04 Å². The molecule has 2 N–H and O–H groups in total. The van der Waals surface area contributed by atoms with Gasteiger partial charge in [-0.1, -0.05) is 46.4 Å². The minimum Gasteiger partial charge on any atom is -0.233 e. The number of tetrazole rings is 1. The molecule has 0 unspecified atom stereocenters. The molecular formula is C17H19N7O4S2. The maximum Gasteiger partial charge on any atom is 0.261 e. The Bertz CT molecular complexity index is 1030. The monoisotopic (exact) mass is 449 g/mol. The van der Waals surface area contributed by atoms with Crippen LogP contribution in [0.15, 0.2) is 70.5 Å². The molecule has 11 nitrogen and oxygen atoms in total.